The van der Waals surface area contributed by atoms with Crippen molar-refractivity contribution < 1.29 is 19.1 Å². The van der Waals surface area contributed by atoms with Crippen LogP contribution in [0.4, 0.5) is 5.69 Å². The van der Waals surface area contributed by atoms with Gasteiger partial charge in [-0.3, -0.25) is 9.59 Å². The minimum atomic E-state index is -0.885. The van der Waals surface area contributed by atoms with Crippen molar-refractivity contribution >= 4 is 35.1 Å². The molecule has 2 amide bonds. The third kappa shape index (κ3) is 5.60. The largest absolute Gasteiger partial charge is 0.454 e. The molecule has 0 bridgehead atoms. The van der Waals surface area contributed by atoms with Crippen LogP contribution < -0.4 is 10.6 Å². The maximum absolute atomic E-state index is 12.0. The maximum Gasteiger partial charge on any atom is 0.328 e. The van der Waals surface area contributed by atoms with Crippen LogP contribution in [0, 0.1) is 6.92 Å². The van der Waals surface area contributed by atoms with Crippen LogP contribution in [0.5, 0.6) is 0 Å². The van der Waals surface area contributed by atoms with Gasteiger partial charge in [-0.15, -0.1) is 0 Å². The molecule has 6 nitrogen and oxygen atoms in total. The summed E-state index contributed by atoms with van der Waals surface area (Å²) in [5, 5.41) is 5.63. The summed E-state index contributed by atoms with van der Waals surface area (Å²) >= 11 is 5.99. The standard InChI is InChI=1S/C19H19ClN2O4/c1-12-8-9-15(10-16(12)20)22-17(23)11-26-19(25)13(2)21-18(24)14-6-4-3-5-7-14/h3-10,13H,11H2,1-2H3,(H,21,24)(H,22,23)/t13-/m0/s1. The summed E-state index contributed by atoms with van der Waals surface area (Å²) in [6.45, 7) is 2.87. The Bertz CT molecular complexity index is 808. The number of benzene rings is 2. The van der Waals surface area contributed by atoms with Crippen molar-refractivity contribution in [2.24, 2.45) is 0 Å². The molecule has 0 spiro atoms. The highest BCUT2D eigenvalue weighted by molar-refractivity contribution is 6.31. The van der Waals surface area contributed by atoms with Crippen molar-refractivity contribution in [2.45, 2.75) is 19.9 Å². The number of hydrogen-bond donors (Lipinski definition) is 2. The van der Waals surface area contributed by atoms with Crippen molar-refractivity contribution in [3.05, 3.63) is 64.7 Å². The minimum Gasteiger partial charge on any atom is -0.454 e. The van der Waals surface area contributed by atoms with E-state index in [9.17, 15) is 14.4 Å². The van der Waals surface area contributed by atoms with E-state index in [-0.39, 0.29) is 0 Å². The van der Waals surface area contributed by atoms with Crippen LogP contribution in [-0.4, -0.2) is 30.4 Å². The summed E-state index contributed by atoms with van der Waals surface area (Å²) in [6.07, 6.45) is 0. The van der Waals surface area contributed by atoms with Crippen molar-refractivity contribution in [1.29, 1.82) is 0 Å². The second-order valence-corrected chi connectivity index (χ2v) is 6.09. The van der Waals surface area contributed by atoms with Gasteiger partial charge in [-0.2, -0.15) is 0 Å². The molecule has 0 aromatic heterocycles. The van der Waals surface area contributed by atoms with E-state index in [4.69, 9.17) is 16.3 Å². The van der Waals surface area contributed by atoms with Crippen LogP contribution in [0.2, 0.25) is 5.02 Å². The summed E-state index contributed by atoms with van der Waals surface area (Å²) in [7, 11) is 0. The van der Waals surface area contributed by atoms with E-state index < -0.39 is 30.4 Å². The number of carbonyl (C=O) groups is 3. The van der Waals surface area contributed by atoms with Crippen molar-refractivity contribution in [1.82, 2.24) is 5.32 Å². The van der Waals surface area contributed by atoms with Crippen LogP contribution in [0.25, 0.3) is 0 Å². The number of hydrogen-bond acceptors (Lipinski definition) is 4. The molecule has 0 unspecified atom stereocenters. The van der Waals surface area contributed by atoms with E-state index >= 15 is 0 Å². The predicted molar refractivity (Wildman–Crippen MR) is 99.1 cm³/mol. The third-order valence-corrected chi connectivity index (χ3v) is 3.95. The van der Waals surface area contributed by atoms with Crippen molar-refractivity contribution in [3.8, 4) is 0 Å². The van der Waals surface area contributed by atoms with Gasteiger partial charge in [0.1, 0.15) is 6.04 Å². The Balaban J connectivity index is 1.80. The molecule has 0 heterocycles. The number of aryl methyl sites for hydroxylation is 1. The number of amides is 2. The SMILES string of the molecule is Cc1ccc(NC(=O)COC(=O)[C@H](C)NC(=O)c2ccccc2)cc1Cl. The number of anilines is 1. The van der Waals surface area contributed by atoms with Gasteiger partial charge in [-0.25, -0.2) is 4.79 Å². The first-order valence-electron chi connectivity index (χ1n) is 7.95. The second kappa shape index (κ2) is 9.01. The average Bonchev–Trinajstić information content (AvgIpc) is 2.63. The van der Waals surface area contributed by atoms with Gasteiger partial charge in [0.05, 0.1) is 0 Å². The van der Waals surface area contributed by atoms with E-state index in [2.05, 4.69) is 10.6 Å². The zero-order chi connectivity index (χ0) is 19.1. The zero-order valence-corrected chi connectivity index (χ0v) is 15.2. The number of ether oxygens (including phenoxy) is 1. The summed E-state index contributed by atoms with van der Waals surface area (Å²) in [6, 6.07) is 12.7. The number of esters is 1. The van der Waals surface area contributed by atoms with Crippen LogP contribution in [0.15, 0.2) is 48.5 Å². The third-order valence-electron chi connectivity index (χ3n) is 3.54. The van der Waals surface area contributed by atoms with Gasteiger partial charge in [0.2, 0.25) is 0 Å². The molecule has 2 N–H and O–H groups in total. The highest BCUT2D eigenvalue weighted by atomic mass is 35.5. The van der Waals surface area contributed by atoms with Gasteiger partial charge in [0.25, 0.3) is 11.8 Å². The van der Waals surface area contributed by atoms with Gasteiger partial charge >= 0.3 is 5.97 Å². The molecule has 2 aromatic rings. The van der Waals surface area contributed by atoms with E-state index in [0.29, 0.717) is 16.3 Å². The Hall–Kier alpha value is -2.86. The maximum atomic E-state index is 12.0. The molecule has 136 valence electrons. The van der Waals surface area contributed by atoms with Gasteiger partial charge in [0.15, 0.2) is 6.61 Å². The van der Waals surface area contributed by atoms with E-state index in [1.807, 2.05) is 6.92 Å². The fourth-order valence-corrected chi connectivity index (χ4v) is 2.24. The number of halogens is 1. The van der Waals surface area contributed by atoms with Crippen LogP contribution >= 0.6 is 11.6 Å². The molecule has 0 saturated carbocycles. The normalized spacial score (nSPS) is 11.3. The summed E-state index contributed by atoms with van der Waals surface area (Å²) < 4.78 is 4.93. The number of carbonyl (C=O) groups excluding carboxylic acids is 3. The zero-order valence-electron chi connectivity index (χ0n) is 14.4. The molecule has 7 heteroatoms. The lowest BCUT2D eigenvalue weighted by atomic mass is 10.2. The minimum absolute atomic E-state index is 0.395. The Morgan fingerprint density at radius 1 is 1.12 bits per heavy atom. The topological polar surface area (TPSA) is 84.5 Å². The average molecular weight is 375 g/mol. The number of nitrogens with one attached hydrogen (secondary N) is 2. The van der Waals surface area contributed by atoms with E-state index in [0.717, 1.165) is 5.56 Å². The highest BCUT2D eigenvalue weighted by Gasteiger charge is 2.19. The molecule has 0 aliphatic rings. The fraction of sp³-hybridized carbons (Fsp3) is 0.211. The molecule has 2 aromatic carbocycles. The van der Waals surface area contributed by atoms with Gasteiger partial charge in [-0.1, -0.05) is 35.9 Å². The summed E-state index contributed by atoms with van der Waals surface area (Å²) in [4.78, 5) is 35.8. The van der Waals surface area contributed by atoms with Crippen molar-refractivity contribution in [3.63, 3.8) is 0 Å². The molecule has 2 rings (SSSR count). The molecular formula is C19H19ClN2O4. The Kier molecular flexibility index (Phi) is 6.74. The van der Waals surface area contributed by atoms with Gasteiger partial charge in [0, 0.05) is 16.3 Å². The lowest BCUT2D eigenvalue weighted by Crippen LogP contribution is -2.40. The van der Waals surface area contributed by atoms with E-state index in [1.165, 1.54) is 6.92 Å². The number of rotatable bonds is 6. The van der Waals surface area contributed by atoms with Crippen LogP contribution in [0.1, 0.15) is 22.8 Å². The predicted octanol–water partition coefficient (Wildman–Crippen LogP) is 2.95. The summed E-state index contributed by atoms with van der Waals surface area (Å²) in [5.74, 6) is -1.60. The fourth-order valence-electron chi connectivity index (χ4n) is 2.06. The molecule has 26 heavy (non-hydrogen) atoms. The van der Waals surface area contributed by atoms with E-state index in [1.54, 1.807) is 48.5 Å². The molecule has 1 atom stereocenters. The van der Waals surface area contributed by atoms with Crippen LogP contribution in [-0.2, 0) is 14.3 Å². The Morgan fingerprint density at radius 3 is 2.46 bits per heavy atom. The first-order valence-corrected chi connectivity index (χ1v) is 8.33. The lowest BCUT2D eigenvalue weighted by Gasteiger charge is -2.13. The monoisotopic (exact) mass is 374 g/mol. The molecular weight excluding hydrogens is 356 g/mol. The summed E-state index contributed by atoms with van der Waals surface area (Å²) in [5.41, 5.74) is 1.83. The molecule has 0 aliphatic carbocycles. The lowest BCUT2D eigenvalue weighted by molar-refractivity contribution is -0.148. The second-order valence-electron chi connectivity index (χ2n) is 5.68. The first-order chi connectivity index (χ1) is 12.4. The molecule has 0 saturated heterocycles. The Morgan fingerprint density at radius 2 is 1.81 bits per heavy atom. The van der Waals surface area contributed by atoms with Gasteiger partial charge < -0.3 is 15.4 Å². The van der Waals surface area contributed by atoms with Crippen LogP contribution in [0.3, 0.4) is 0 Å². The highest BCUT2D eigenvalue weighted by Crippen LogP contribution is 2.19. The molecule has 0 aliphatic heterocycles. The van der Waals surface area contributed by atoms with Gasteiger partial charge in [-0.05, 0) is 43.7 Å². The molecule has 0 fully saturated rings. The molecule has 0 radical (unpaired) electrons. The van der Waals surface area contributed by atoms with Crippen molar-refractivity contribution in [2.75, 3.05) is 11.9 Å². The smallest absolute Gasteiger partial charge is 0.328 e. The Labute approximate surface area is 156 Å². The first kappa shape index (κ1) is 19.5. The quantitative estimate of drug-likeness (QED) is 0.761.